The standard InChI is InChI=1S/C29H30F3N7O2/c1-18(2)35-27(40)38-26(19(3)37(28(38)41)23-8-6-7-22(16-23)29(30,31)32)25-11-13-34-39(25)24-10-9-20(17-33)15-21(24)12-14-36(4)5/h6-11,13,15-16,18H,12,14H2,1-5H3,(H,35,40)/p+1. The van der Waals surface area contributed by atoms with E-state index in [9.17, 15) is 28.0 Å². The summed E-state index contributed by atoms with van der Waals surface area (Å²) in [6.45, 7) is 5.81. The molecule has 4 rings (SSSR count). The molecule has 214 valence electrons. The number of halogens is 3. The first-order valence-electron chi connectivity index (χ1n) is 13.0. The first-order chi connectivity index (χ1) is 19.3. The number of likely N-dealkylation sites (N-methyl/N-ethyl adjacent to an activating group) is 1. The van der Waals surface area contributed by atoms with E-state index in [2.05, 4.69) is 16.5 Å². The molecule has 2 N–H and O–H groups in total. The second kappa shape index (κ2) is 11.5. The Balaban J connectivity index is 1.99. The van der Waals surface area contributed by atoms with Crippen LogP contribution in [0.2, 0.25) is 0 Å². The van der Waals surface area contributed by atoms with Crippen LogP contribution in [-0.4, -0.2) is 51.6 Å². The minimum atomic E-state index is -4.62. The number of benzene rings is 2. The Morgan fingerprint density at radius 2 is 1.88 bits per heavy atom. The highest BCUT2D eigenvalue weighted by Crippen LogP contribution is 2.32. The lowest BCUT2D eigenvalue weighted by Crippen LogP contribution is -3.06. The lowest BCUT2D eigenvalue weighted by Gasteiger charge is -2.16. The molecule has 0 aliphatic heterocycles. The van der Waals surface area contributed by atoms with Gasteiger partial charge in [-0.3, -0.25) is 4.57 Å². The van der Waals surface area contributed by atoms with Crippen molar-refractivity contribution in [3.63, 3.8) is 0 Å². The Morgan fingerprint density at radius 3 is 2.51 bits per heavy atom. The number of nitriles is 1. The van der Waals surface area contributed by atoms with Crippen molar-refractivity contribution >= 4 is 6.03 Å². The van der Waals surface area contributed by atoms with Crippen LogP contribution in [0.15, 0.2) is 59.5 Å². The fraction of sp³-hybridized carbons (Fsp3) is 0.310. The average molecular weight is 567 g/mol. The Labute approximate surface area is 235 Å². The van der Waals surface area contributed by atoms with Gasteiger partial charge in [-0.15, -0.1) is 0 Å². The number of carbonyl (C=O) groups is 1. The Kier molecular flexibility index (Phi) is 8.21. The van der Waals surface area contributed by atoms with Gasteiger partial charge in [0.25, 0.3) is 0 Å². The molecule has 0 aliphatic rings. The highest BCUT2D eigenvalue weighted by molar-refractivity contribution is 5.83. The molecule has 0 atom stereocenters. The summed E-state index contributed by atoms with van der Waals surface area (Å²) in [5.74, 6) is 0. The molecular weight excluding hydrogens is 535 g/mol. The normalized spacial score (nSPS) is 11.7. The zero-order valence-corrected chi connectivity index (χ0v) is 23.4. The van der Waals surface area contributed by atoms with Crippen LogP contribution in [-0.2, 0) is 12.6 Å². The van der Waals surface area contributed by atoms with Gasteiger partial charge in [0.1, 0.15) is 5.69 Å². The van der Waals surface area contributed by atoms with Crippen LogP contribution in [0, 0.1) is 18.3 Å². The number of hydrogen-bond acceptors (Lipinski definition) is 4. The minimum absolute atomic E-state index is 0.0289. The zero-order chi connectivity index (χ0) is 30.1. The maximum Gasteiger partial charge on any atom is 0.416 e. The molecule has 4 aromatic rings. The molecule has 0 radical (unpaired) electrons. The van der Waals surface area contributed by atoms with Crippen molar-refractivity contribution in [3.05, 3.63) is 87.6 Å². The number of nitrogens with one attached hydrogen (secondary N) is 2. The molecular formula is C29H31F3N7O2+. The molecule has 9 nitrogen and oxygen atoms in total. The summed E-state index contributed by atoms with van der Waals surface area (Å²) in [5, 5.41) is 16.7. The van der Waals surface area contributed by atoms with Gasteiger partial charge in [-0.1, -0.05) is 6.07 Å². The van der Waals surface area contributed by atoms with Gasteiger partial charge in [0.15, 0.2) is 0 Å². The van der Waals surface area contributed by atoms with Crippen LogP contribution in [0.25, 0.3) is 22.8 Å². The third-order valence-electron chi connectivity index (χ3n) is 6.55. The maximum atomic E-state index is 13.8. The van der Waals surface area contributed by atoms with E-state index in [1.165, 1.54) is 23.2 Å². The van der Waals surface area contributed by atoms with E-state index >= 15 is 0 Å². The summed E-state index contributed by atoms with van der Waals surface area (Å²) in [7, 11) is 4.03. The third kappa shape index (κ3) is 5.95. The molecule has 41 heavy (non-hydrogen) atoms. The Bertz CT molecular complexity index is 1690. The van der Waals surface area contributed by atoms with E-state index in [0.29, 0.717) is 23.4 Å². The highest BCUT2D eigenvalue weighted by atomic mass is 19.4. The van der Waals surface area contributed by atoms with Crippen molar-refractivity contribution < 1.29 is 22.9 Å². The van der Waals surface area contributed by atoms with Crippen LogP contribution < -0.4 is 15.9 Å². The second-order valence-corrected chi connectivity index (χ2v) is 10.3. The summed E-state index contributed by atoms with van der Waals surface area (Å²) in [5.41, 5.74) is 1.01. The van der Waals surface area contributed by atoms with Gasteiger partial charge in [-0.25, -0.2) is 18.8 Å². The number of rotatable bonds is 7. The molecule has 0 unspecified atom stereocenters. The number of amides is 1. The van der Waals surface area contributed by atoms with E-state index in [0.717, 1.165) is 33.4 Å². The second-order valence-electron chi connectivity index (χ2n) is 10.3. The van der Waals surface area contributed by atoms with E-state index in [-0.39, 0.29) is 23.1 Å². The van der Waals surface area contributed by atoms with Crippen molar-refractivity contribution in [3.8, 4) is 28.8 Å². The molecule has 0 saturated carbocycles. The largest absolute Gasteiger partial charge is 0.416 e. The van der Waals surface area contributed by atoms with Crippen LogP contribution in [0.5, 0.6) is 0 Å². The number of nitrogens with zero attached hydrogens (tertiary/aromatic N) is 5. The topological polar surface area (TPSA) is 102 Å². The molecule has 0 saturated heterocycles. The molecule has 1 amide bonds. The number of alkyl halides is 3. The summed E-state index contributed by atoms with van der Waals surface area (Å²) in [4.78, 5) is 28.4. The van der Waals surface area contributed by atoms with Crippen LogP contribution in [0.1, 0.15) is 36.2 Å². The van der Waals surface area contributed by atoms with E-state index in [1.54, 1.807) is 49.7 Å². The fourth-order valence-corrected chi connectivity index (χ4v) is 4.65. The summed E-state index contributed by atoms with van der Waals surface area (Å²) in [6.07, 6.45) is -2.48. The van der Waals surface area contributed by atoms with Crippen molar-refractivity contribution in [1.29, 1.82) is 5.26 Å². The first-order valence-corrected chi connectivity index (χ1v) is 13.0. The molecule has 2 aromatic heterocycles. The van der Waals surface area contributed by atoms with Gasteiger partial charge in [-0.2, -0.15) is 23.5 Å². The summed E-state index contributed by atoms with van der Waals surface area (Å²) in [6, 6.07) is 12.3. The average Bonchev–Trinajstić information content (AvgIpc) is 3.47. The number of hydrogen-bond donors (Lipinski definition) is 2. The van der Waals surface area contributed by atoms with Crippen LogP contribution in [0.4, 0.5) is 18.0 Å². The van der Waals surface area contributed by atoms with E-state index in [4.69, 9.17) is 0 Å². The van der Waals surface area contributed by atoms with E-state index < -0.39 is 23.5 Å². The Hall–Kier alpha value is -4.63. The van der Waals surface area contributed by atoms with Gasteiger partial charge in [-0.05, 0) is 68.8 Å². The first kappa shape index (κ1) is 29.4. The van der Waals surface area contributed by atoms with Crippen LogP contribution >= 0.6 is 0 Å². The number of carbonyl (C=O) groups excluding carboxylic acids is 1. The van der Waals surface area contributed by atoms with E-state index in [1.807, 2.05) is 14.1 Å². The predicted molar refractivity (Wildman–Crippen MR) is 147 cm³/mol. The molecule has 0 aliphatic carbocycles. The van der Waals surface area contributed by atoms with Crippen molar-refractivity contribution in [2.45, 2.75) is 39.4 Å². The third-order valence-corrected chi connectivity index (χ3v) is 6.55. The quantitative estimate of drug-likeness (QED) is 0.358. The maximum absolute atomic E-state index is 13.8. The van der Waals surface area contributed by atoms with Gasteiger partial charge < -0.3 is 10.2 Å². The number of imidazole rings is 1. The van der Waals surface area contributed by atoms with Gasteiger partial charge >= 0.3 is 17.9 Å². The number of aromatic nitrogens is 4. The minimum Gasteiger partial charge on any atom is -0.340 e. The Morgan fingerprint density at radius 1 is 1.15 bits per heavy atom. The summed E-state index contributed by atoms with van der Waals surface area (Å²) >= 11 is 0. The molecule has 2 aromatic carbocycles. The highest BCUT2D eigenvalue weighted by Gasteiger charge is 2.32. The monoisotopic (exact) mass is 566 g/mol. The SMILES string of the molecule is Cc1c(-c2ccnn2-c2ccc(C#N)cc2CC[NH+](C)C)n(C(=O)NC(C)C)c(=O)n1-c1cccc(C(F)(F)F)c1. The van der Waals surface area contributed by atoms with Gasteiger partial charge in [0, 0.05) is 12.5 Å². The smallest absolute Gasteiger partial charge is 0.340 e. The number of quaternary nitrogens is 1. The van der Waals surface area contributed by atoms with Crippen LogP contribution in [0.3, 0.4) is 0 Å². The van der Waals surface area contributed by atoms with Gasteiger partial charge in [0.2, 0.25) is 0 Å². The lowest BCUT2D eigenvalue weighted by atomic mass is 10.1. The molecule has 0 spiro atoms. The van der Waals surface area contributed by atoms with Gasteiger partial charge in [0.05, 0.1) is 66.8 Å². The van der Waals surface area contributed by atoms with Crippen molar-refractivity contribution in [2.75, 3.05) is 20.6 Å². The zero-order valence-electron chi connectivity index (χ0n) is 23.4. The predicted octanol–water partition coefficient (Wildman–Crippen LogP) is 3.34. The lowest BCUT2D eigenvalue weighted by molar-refractivity contribution is -0.858. The molecule has 0 fully saturated rings. The fourth-order valence-electron chi connectivity index (χ4n) is 4.65. The molecule has 12 heteroatoms. The van der Waals surface area contributed by atoms with Crippen molar-refractivity contribution in [2.24, 2.45) is 0 Å². The van der Waals surface area contributed by atoms with Crippen molar-refractivity contribution in [1.82, 2.24) is 24.2 Å². The molecule has 2 heterocycles. The summed E-state index contributed by atoms with van der Waals surface area (Å²) < 4.78 is 44.2. The molecule has 0 bridgehead atoms.